The van der Waals surface area contributed by atoms with Crippen molar-refractivity contribution >= 4 is 17.3 Å². The Morgan fingerprint density at radius 1 is 1.00 bits per heavy atom. The van der Waals surface area contributed by atoms with E-state index in [0.29, 0.717) is 28.6 Å². The van der Waals surface area contributed by atoms with Gasteiger partial charge in [-0.15, -0.1) is 0 Å². The Hall–Kier alpha value is -3.66. The second kappa shape index (κ2) is 8.99. The highest BCUT2D eigenvalue weighted by Gasteiger charge is 2.11. The number of carbonyl (C=O) groups excluding carboxylic acids is 1. The maximum atomic E-state index is 12.3. The number of hydrogen-bond acceptors (Lipinski definition) is 6. The van der Waals surface area contributed by atoms with Gasteiger partial charge >= 0.3 is 0 Å². The Bertz CT molecular complexity index is 856. The van der Waals surface area contributed by atoms with E-state index in [1.807, 2.05) is 6.07 Å². The lowest BCUT2D eigenvalue weighted by atomic mass is 10.2. The SMILES string of the molecule is COc1cccc(N/C=C(/C#N)C(=O)Nc2ccc(OC)c(OC)c2)c1. The maximum absolute atomic E-state index is 12.3. The van der Waals surface area contributed by atoms with Crippen LogP contribution in [0, 0.1) is 11.3 Å². The number of hydrogen-bond donors (Lipinski definition) is 2. The molecule has 0 spiro atoms. The molecule has 2 aromatic rings. The van der Waals surface area contributed by atoms with Gasteiger partial charge in [0.2, 0.25) is 0 Å². The molecule has 0 saturated heterocycles. The first-order valence-corrected chi connectivity index (χ1v) is 7.65. The summed E-state index contributed by atoms with van der Waals surface area (Å²) in [6.07, 6.45) is 1.34. The van der Waals surface area contributed by atoms with E-state index in [4.69, 9.17) is 14.2 Å². The number of nitrogens with one attached hydrogen (secondary N) is 2. The van der Waals surface area contributed by atoms with Gasteiger partial charge in [0.05, 0.1) is 21.3 Å². The first-order chi connectivity index (χ1) is 12.6. The highest BCUT2D eigenvalue weighted by atomic mass is 16.5. The van der Waals surface area contributed by atoms with Crippen molar-refractivity contribution in [3.63, 3.8) is 0 Å². The van der Waals surface area contributed by atoms with Crippen LogP contribution in [-0.2, 0) is 4.79 Å². The summed E-state index contributed by atoms with van der Waals surface area (Å²) in [6, 6.07) is 13.9. The molecular weight excluding hydrogens is 334 g/mol. The molecule has 0 radical (unpaired) electrons. The summed E-state index contributed by atoms with van der Waals surface area (Å²) in [5.74, 6) is 1.13. The zero-order chi connectivity index (χ0) is 18.9. The lowest BCUT2D eigenvalue weighted by Crippen LogP contribution is -2.14. The maximum Gasteiger partial charge on any atom is 0.267 e. The van der Waals surface area contributed by atoms with E-state index in [1.54, 1.807) is 49.6 Å². The second-order valence-electron chi connectivity index (χ2n) is 5.07. The first kappa shape index (κ1) is 18.7. The summed E-state index contributed by atoms with van der Waals surface area (Å²) in [5, 5.41) is 14.8. The summed E-state index contributed by atoms with van der Waals surface area (Å²) in [6.45, 7) is 0. The number of nitrogens with zero attached hydrogens (tertiary/aromatic N) is 1. The van der Waals surface area contributed by atoms with Crippen molar-refractivity contribution in [3.05, 3.63) is 54.2 Å². The van der Waals surface area contributed by atoms with Crippen molar-refractivity contribution in [1.82, 2.24) is 0 Å². The van der Waals surface area contributed by atoms with Crippen molar-refractivity contribution in [3.8, 4) is 23.3 Å². The third kappa shape index (κ3) is 4.68. The molecule has 0 saturated carbocycles. The Morgan fingerprint density at radius 2 is 1.77 bits per heavy atom. The Kier molecular flexibility index (Phi) is 6.46. The summed E-state index contributed by atoms with van der Waals surface area (Å²) in [4.78, 5) is 12.3. The first-order valence-electron chi connectivity index (χ1n) is 7.65. The van der Waals surface area contributed by atoms with Crippen LogP contribution in [0.25, 0.3) is 0 Å². The molecular formula is C19H19N3O4. The predicted molar refractivity (Wildman–Crippen MR) is 98.5 cm³/mol. The standard InChI is InChI=1S/C19H19N3O4/c1-24-16-6-4-5-14(9-16)21-12-13(11-20)19(23)22-15-7-8-17(25-2)18(10-15)26-3/h4-10,12,21H,1-3H3,(H,22,23)/b13-12-. The Labute approximate surface area is 151 Å². The fourth-order valence-electron chi connectivity index (χ4n) is 2.13. The fourth-order valence-corrected chi connectivity index (χ4v) is 2.13. The van der Waals surface area contributed by atoms with Crippen LogP contribution in [-0.4, -0.2) is 27.2 Å². The number of carbonyl (C=O) groups is 1. The van der Waals surface area contributed by atoms with E-state index < -0.39 is 5.91 Å². The van der Waals surface area contributed by atoms with E-state index in [2.05, 4.69) is 10.6 Å². The molecule has 2 aromatic carbocycles. The third-order valence-corrected chi connectivity index (χ3v) is 3.46. The van der Waals surface area contributed by atoms with E-state index in [9.17, 15) is 10.1 Å². The second-order valence-corrected chi connectivity index (χ2v) is 5.07. The number of nitriles is 1. The van der Waals surface area contributed by atoms with Crippen LogP contribution in [0.4, 0.5) is 11.4 Å². The van der Waals surface area contributed by atoms with Crippen molar-refractivity contribution in [2.45, 2.75) is 0 Å². The summed E-state index contributed by atoms with van der Waals surface area (Å²) < 4.78 is 15.5. The lowest BCUT2D eigenvalue weighted by molar-refractivity contribution is -0.112. The summed E-state index contributed by atoms with van der Waals surface area (Å²) in [5.41, 5.74) is 1.09. The molecule has 134 valence electrons. The molecule has 0 aliphatic carbocycles. The number of benzene rings is 2. The van der Waals surface area contributed by atoms with Crippen LogP contribution >= 0.6 is 0 Å². The predicted octanol–water partition coefficient (Wildman–Crippen LogP) is 3.17. The molecule has 0 bridgehead atoms. The fraction of sp³-hybridized carbons (Fsp3) is 0.158. The third-order valence-electron chi connectivity index (χ3n) is 3.46. The number of ether oxygens (including phenoxy) is 3. The molecule has 0 heterocycles. The van der Waals surface area contributed by atoms with Crippen LogP contribution in [0.1, 0.15) is 0 Å². The average molecular weight is 353 g/mol. The van der Waals surface area contributed by atoms with E-state index in [0.717, 1.165) is 0 Å². The molecule has 0 aliphatic rings. The number of methoxy groups -OCH3 is 3. The molecule has 0 fully saturated rings. The summed E-state index contributed by atoms with van der Waals surface area (Å²) in [7, 11) is 4.59. The van der Waals surface area contributed by atoms with E-state index in [-0.39, 0.29) is 5.57 Å². The van der Waals surface area contributed by atoms with Crippen LogP contribution in [0.5, 0.6) is 17.2 Å². The topological polar surface area (TPSA) is 92.6 Å². The molecule has 0 atom stereocenters. The van der Waals surface area contributed by atoms with Crippen LogP contribution in [0.2, 0.25) is 0 Å². The van der Waals surface area contributed by atoms with E-state index >= 15 is 0 Å². The van der Waals surface area contributed by atoms with Crippen molar-refractivity contribution in [2.24, 2.45) is 0 Å². The van der Waals surface area contributed by atoms with Crippen molar-refractivity contribution in [2.75, 3.05) is 32.0 Å². The number of rotatable bonds is 7. The molecule has 0 aromatic heterocycles. The van der Waals surface area contributed by atoms with Gasteiger partial charge in [0.15, 0.2) is 11.5 Å². The Morgan fingerprint density at radius 3 is 2.42 bits per heavy atom. The van der Waals surface area contributed by atoms with Crippen LogP contribution in [0.3, 0.4) is 0 Å². The minimum Gasteiger partial charge on any atom is -0.497 e. The molecule has 1 amide bonds. The zero-order valence-electron chi connectivity index (χ0n) is 14.7. The van der Waals surface area contributed by atoms with Gasteiger partial charge in [-0.1, -0.05) is 6.07 Å². The monoisotopic (exact) mass is 353 g/mol. The van der Waals surface area contributed by atoms with Gasteiger partial charge in [0.1, 0.15) is 17.4 Å². The molecule has 7 heteroatoms. The molecule has 0 unspecified atom stereocenters. The Balaban J connectivity index is 2.12. The van der Waals surface area contributed by atoms with Crippen molar-refractivity contribution < 1.29 is 19.0 Å². The quantitative estimate of drug-likeness (QED) is 0.587. The van der Waals surface area contributed by atoms with Crippen molar-refractivity contribution in [1.29, 1.82) is 5.26 Å². The molecule has 2 rings (SSSR count). The minimum absolute atomic E-state index is 0.0809. The highest BCUT2D eigenvalue weighted by molar-refractivity contribution is 6.06. The van der Waals surface area contributed by atoms with Gasteiger partial charge < -0.3 is 24.8 Å². The number of anilines is 2. The van der Waals surface area contributed by atoms with Crippen LogP contribution < -0.4 is 24.8 Å². The lowest BCUT2D eigenvalue weighted by Gasteiger charge is -2.10. The molecule has 7 nitrogen and oxygen atoms in total. The summed E-state index contributed by atoms with van der Waals surface area (Å²) >= 11 is 0. The van der Waals surface area contributed by atoms with Crippen LogP contribution in [0.15, 0.2) is 54.2 Å². The number of amides is 1. The smallest absolute Gasteiger partial charge is 0.267 e. The molecule has 2 N–H and O–H groups in total. The minimum atomic E-state index is -0.546. The van der Waals surface area contributed by atoms with Gasteiger partial charge in [-0.25, -0.2) is 0 Å². The highest BCUT2D eigenvalue weighted by Crippen LogP contribution is 2.29. The van der Waals surface area contributed by atoms with Gasteiger partial charge in [0.25, 0.3) is 5.91 Å². The zero-order valence-corrected chi connectivity index (χ0v) is 14.7. The average Bonchev–Trinajstić information content (AvgIpc) is 2.68. The largest absolute Gasteiger partial charge is 0.497 e. The van der Waals surface area contributed by atoms with Gasteiger partial charge in [0, 0.05) is 29.7 Å². The van der Waals surface area contributed by atoms with Gasteiger partial charge in [-0.05, 0) is 24.3 Å². The molecule has 26 heavy (non-hydrogen) atoms. The normalized spacial score (nSPS) is 10.5. The van der Waals surface area contributed by atoms with E-state index in [1.165, 1.54) is 20.4 Å². The van der Waals surface area contributed by atoms with Gasteiger partial charge in [-0.2, -0.15) is 5.26 Å². The molecule has 0 aliphatic heterocycles. The van der Waals surface area contributed by atoms with Gasteiger partial charge in [-0.3, -0.25) is 4.79 Å².